The van der Waals surface area contributed by atoms with Crippen molar-refractivity contribution in [2.24, 2.45) is 5.73 Å². The zero-order valence-corrected chi connectivity index (χ0v) is 15.4. The number of hydrogen-bond donors (Lipinski definition) is 2. The van der Waals surface area contributed by atoms with E-state index in [0.717, 1.165) is 6.41 Å². The van der Waals surface area contributed by atoms with E-state index < -0.39 is 10.9 Å². The maximum atomic E-state index is 11.9. The van der Waals surface area contributed by atoms with Gasteiger partial charge < -0.3 is 15.4 Å². The number of nitro groups is 1. The number of rotatable bonds is 5. The molecule has 0 aliphatic heterocycles. The molecular formula is C17H19ClN4O5. The minimum absolute atomic E-state index is 0. The van der Waals surface area contributed by atoms with Gasteiger partial charge in [0, 0.05) is 31.8 Å². The number of hydrogen-bond acceptors (Lipinski definition) is 6. The van der Waals surface area contributed by atoms with E-state index in [1.807, 2.05) is 0 Å². The van der Waals surface area contributed by atoms with Crippen LogP contribution in [-0.4, -0.2) is 42.1 Å². The number of amides is 1. The number of benzene rings is 2. The molecule has 0 radical (unpaired) electrons. The van der Waals surface area contributed by atoms with Gasteiger partial charge in [-0.25, -0.2) is 4.79 Å². The summed E-state index contributed by atoms with van der Waals surface area (Å²) >= 11 is 0. The first-order valence-electron chi connectivity index (χ1n) is 7.27. The summed E-state index contributed by atoms with van der Waals surface area (Å²) in [5.74, 6) is -0.481. The molecule has 27 heavy (non-hydrogen) atoms. The molecule has 1 amide bonds. The minimum Gasteiger partial charge on any atom is -0.423 e. The van der Waals surface area contributed by atoms with Crippen LogP contribution in [0.15, 0.2) is 48.5 Å². The predicted molar refractivity (Wildman–Crippen MR) is 103 cm³/mol. The van der Waals surface area contributed by atoms with Gasteiger partial charge in [0.25, 0.3) is 5.69 Å². The number of halogens is 1. The van der Waals surface area contributed by atoms with Gasteiger partial charge in [-0.2, -0.15) is 0 Å². The lowest BCUT2D eigenvalue weighted by Crippen LogP contribution is -2.12. The number of nitrogen functional groups attached to an aromatic ring is 1. The molecule has 0 heterocycles. The van der Waals surface area contributed by atoms with Crippen LogP contribution >= 0.6 is 12.4 Å². The fourth-order valence-corrected chi connectivity index (χ4v) is 1.59. The summed E-state index contributed by atoms with van der Waals surface area (Å²) in [5.41, 5.74) is 6.02. The standard InChI is InChI=1S/C14H11N3O4.C3H7NO.ClH/c15-13(16)9-1-3-10(4-2-9)14(18)21-12-7-5-11(6-8-12)17(19)20;1-4(2)3-5;/h1-8H,(H3,15,16);3H,1-2H3;1H. The molecule has 10 heteroatoms. The average molecular weight is 395 g/mol. The normalized spacial score (nSPS) is 8.96. The number of nitrogens with two attached hydrogens (primary N) is 1. The molecule has 0 bridgehead atoms. The highest BCUT2D eigenvalue weighted by atomic mass is 35.5. The van der Waals surface area contributed by atoms with Crippen molar-refractivity contribution in [1.82, 2.24) is 4.90 Å². The second-order valence-electron chi connectivity index (χ2n) is 5.20. The number of non-ortho nitro benzene ring substituents is 1. The second-order valence-corrected chi connectivity index (χ2v) is 5.20. The van der Waals surface area contributed by atoms with E-state index in [0.29, 0.717) is 11.1 Å². The lowest BCUT2D eigenvalue weighted by Gasteiger charge is -2.05. The van der Waals surface area contributed by atoms with E-state index in [9.17, 15) is 19.7 Å². The highest BCUT2D eigenvalue weighted by molar-refractivity contribution is 5.97. The van der Waals surface area contributed by atoms with Crippen LogP contribution in [0.2, 0.25) is 0 Å². The number of carbonyl (C=O) groups excluding carboxylic acids is 2. The molecule has 144 valence electrons. The smallest absolute Gasteiger partial charge is 0.343 e. The predicted octanol–water partition coefficient (Wildman–Crippen LogP) is 2.22. The third-order valence-electron chi connectivity index (χ3n) is 2.90. The topological polar surface area (TPSA) is 140 Å². The zero-order valence-electron chi connectivity index (χ0n) is 14.6. The van der Waals surface area contributed by atoms with Crippen LogP contribution in [0.4, 0.5) is 5.69 Å². The van der Waals surface area contributed by atoms with Crippen molar-refractivity contribution in [2.75, 3.05) is 14.1 Å². The Kier molecular flexibility index (Phi) is 9.78. The Morgan fingerprint density at radius 3 is 1.93 bits per heavy atom. The largest absolute Gasteiger partial charge is 0.423 e. The third-order valence-corrected chi connectivity index (χ3v) is 2.90. The number of nitrogens with zero attached hydrogens (tertiary/aromatic N) is 2. The molecule has 2 aromatic carbocycles. The fourth-order valence-electron chi connectivity index (χ4n) is 1.59. The Morgan fingerprint density at radius 2 is 1.56 bits per heavy atom. The van der Waals surface area contributed by atoms with Crippen molar-refractivity contribution in [1.29, 1.82) is 5.41 Å². The first kappa shape index (κ1) is 23.5. The SMILES string of the molecule is CN(C)C=O.Cl.N=C(N)c1ccc(C(=O)Oc2ccc([N+](=O)[O-])cc2)cc1. The summed E-state index contributed by atoms with van der Waals surface area (Å²) < 4.78 is 5.09. The first-order chi connectivity index (χ1) is 12.2. The first-order valence-corrected chi connectivity index (χ1v) is 7.27. The van der Waals surface area contributed by atoms with Gasteiger partial charge in [-0.1, -0.05) is 12.1 Å². The van der Waals surface area contributed by atoms with Crippen LogP contribution in [0.25, 0.3) is 0 Å². The molecule has 0 fully saturated rings. The summed E-state index contributed by atoms with van der Waals surface area (Å²) in [7, 11) is 3.38. The van der Waals surface area contributed by atoms with Gasteiger partial charge in [0.2, 0.25) is 6.41 Å². The van der Waals surface area contributed by atoms with Gasteiger partial charge in [-0.05, 0) is 24.3 Å². The highest BCUT2D eigenvalue weighted by Crippen LogP contribution is 2.18. The quantitative estimate of drug-likeness (QED) is 0.151. The van der Waals surface area contributed by atoms with Crippen LogP contribution < -0.4 is 10.5 Å². The molecular weight excluding hydrogens is 376 g/mol. The Hall–Kier alpha value is -3.46. The molecule has 0 saturated carbocycles. The maximum absolute atomic E-state index is 11.9. The number of ether oxygens (including phenoxy) is 1. The van der Waals surface area contributed by atoms with Crippen molar-refractivity contribution >= 4 is 36.3 Å². The summed E-state index contributed by atoms with van der Waals surface area (Å²) in [6.45, 7) is 0. The number of carbonyl (C=O) groups is 2. The van der Waals surface area contributed by atoms with Gasteiger partial charge in [0.05, 0.1) is 10.5 Å². The molecule has 2 aromatic rings. The summed E-state index contributed by atoms with van der Waals surface area (Å²) in [5, 5.41) is 17.8. The van der Waals surface area contributed by atoms with Crippen molar-refractivity contribution in [2.45, 2.75) is 0 Å². The molecule has 0 atom stereocenters. The van der Waals surface area contributed by atoms with Crippen LogP contribution in [0.1, 0.15) is 15.9 Å². The maximum Gasteiger partial charge on any atom is 0.343 e. The summed E-state index contributed by atoms with van der Waals surface area (Å²) in [6.07, 6.45) is 0.750. The van der Waals surface area contributed by atoms with Gasteiger partial charge in [-0.3, -0.25) is 20.3 Å². The number of nitro benzene ring substituents is 1. The average Bonchev–Trinajstić information content (AvgIpc) is 2.62. The van der Waals surface area contributed by atoms with Gasteiger partial charge in [-0.15, -0.1) is 12.4 Å². The van der Waals surface area contributed by atoms with Crippen molar-refractivity contribution in [3.05, 3.63) is 69.8 Å². The molecule has 0 aliphatic carbocycles. The highest BCUT2D eigenvalue weighted by Gasteiger charge is 2.10. The number of amidine groups is 1. The van der Waals surface area contributed by atoms with Crippen LogP contribution in [0.5, 0.6) is 5.75 Å². The van der Waals surface area contributed by atoms with E-state index in [2.05, 4.69) is 0 Å². The summed E-state index contributed by atoms with van der Waals surface area (Å²) in [6, 6.07) is 11.3. The molecule has 0 spiro atoms. The van der Waals surface area contributed by atoms with Crippen molar-refractivity contribution in [3.63, 3.8) is 0 Å². The second kappa shape index (κ2) is 11.2. The molecule has 2 rings (SSSR count). The van der Waals surface area contributed by atoms with Gasteiger partial charge >= 0.3 is 5.97 Å². The number of nitrogens with one attached hydrogen (secondary N) is 1. The number of esters is 1. The van der Waals surface area contributed by atoms with E-state index >= 15 is 0 Å². The molecule has 3 N–H and O–H groups in total. The van der Waals surface area contributed by atoms with Crippen LogP contribution in [-0.2, 0) is 4.79 Å². The molecule has 0 unspecified atom stereocenters. The van der Waals surface area contributed by atoms with E-state index in [4.69, 9.17) is 15.9 Å². The minimum atomic E-state index is -0.598. The molecule has 0 saturated heterocycles. The van der Waals surface area contributed by atoms with Crippen LogP contribution in [0, 0.1) is 15.5 Å². The monoisotopic (exact) mass is 394 g/mol. The molecule has 0 aliphatic rings. The van der Waals surface area contributed by atoms with Gasteiger partial charge in [0.1, 0.15) is 11.6 Å². The Bertz CT molecular complexity index is 792. The summed E-state index contributed by atoms with van der Waals surface area (Å²) in [4.78, 5) is 32.7. The Morgan fingerprint density at radius 1 is 1.11 bits per heavy atom. The lowest BCUT2D eigenvalue weighted by molar-refractivity contribution is -0.384. The Labute approximate surface area is 161 Å². The molecule has 0 aromatic heterocycles. The van der Waals surface area contributed by atoms with E-state index in [-0.39, 0.29) is 29.7 Å². The fraction of sp³-hybridized carbons (Fsp3) is 0.118. The van der Waals surface area contributed by atoms with Crippen LogP contribution in [0.3, 0.4) is 0 Å². The van der Waals surface area contributed by atoms with Crippen molar-refractivity contribution < 1.29 is 19.2 Å². The van der Waals surface area contributed by atoms with Gasteiger partial charge in [0.15, 0.2) is 0 Å². The lowest BCUT2D eigenvalue weighted by atomic mass is 10.1. The molecule has 9 nitrogen and oxygen atoms in total. The van der Waals surface area contributed by atoms with E-state index in [1.54, 1.807) is 14.1 Å². The van der Waals surface area contributed by atoms with Crippen molar-refractivity contribution in [3.8, 4) is 5.75 Å². The zero-order chi connectivity index (χ0) is 19.7. The third kappa shape index (κ3) is 7.97. The van der Waals surface area contributed by atoms with E-state index in [1.165, 1.54) is 53.4 Å². The Balaban J connectivity index is 0.00000100.